The Labute approximate surface area is 156 Å². The van der Waals surface area contributed by atoms with E-state index in [2.05, 4.69) is 19.2 Å². The number of aryl methyl sites for hydroxylation is 1. The van der Waals surface area contributed by atoms with Gasteiger partial charge in [0.2, 0.25) is 0 Å². The van der Waals surface area contributed by atoms with Crippen LogP contribution in [0.3, 0.4) is 0 Å². The monoisotopic (exact) mass is 355 g/mol. The van der Waals surface area contributed by atoms with Gasteiger partial charge < -0.3 is 14.8 Å². The van der Waals surface area contributed by atoms with Crippen LogP contribution in [0.5, 0.6) is 11.5 Å². The van der Waals surface area contributed by atoms with Crippen LogP contribution in [-0.4, -0.2) is 24.7 Å². The fourth-order valence-electron chi connectivity index (χ4n) is 2.64. The first-order chi connectivity index (χ1) is 12.4. The number of benzene rings is 2. The van der Waals surface area contributed by atoms with Crippen molar-refractivity contribution in [2.24, 2.45) is 0 Å². The molecule has 1 amide bonds. The average Bonchev–Trinajstić information content (AvgIpc) is 2.61. The molecule has 0 saturated carbocycles. The molecule has 0 spiro atoms. The van der Waals surface area contributed by atoms with Gasteiger partial charge in [0.05, 0.1) is 6.04 Å². The molecule has 0 aromatic heterocycles. The minimum absolute atomic E-state index is 0.117. The van der Waals surface area contributed by atoms with Gasteiger partial charge in [-0.15, -0.1) is 0 Å². The quantitative estimate of drug-likeness (QED) is 0.760. The molecular formula is C22H29NO3. The first kappa shape index (κ1) is 19.8. The van der Waals surface area contributed by atoms with Gasteiger partial charge >= 0.3 is 0 Å². The van der Waals surface area contributed by atoms with Crippen LogP contribution < -0.4 is 14.8 Å². The molecular weight excluding hydrogens is 326 g/mol. The third-order valence-corrected chi connectivity index (χ3v) is 4.19. The van der Waals surface area contributed by atoms with Crippen molar-refractivity contribution < 1.29 is 14.3 Å². The second kappa shape index (κ2) is 9.27. The molecule has 0 aliphatic heterocycles. The summed E-state index contributed by atoms with van der Waals surface area (Å²) in [5, 5.41) is 2.95. The van der Waals surface area contributed by atoms with E-state index in [9.17, 15) is 4.79 Å². The van der Waals surface area contributed by atoms with Crippen molar-refractivity contribution in [1.29, 1.82) is 0 Å². The molecule has 0 fully saturated rings. The maximum Gasteiger partial charge on any atom is 0.261 e. The number of carbonyl (C=O) groups is 1. The second-order valence-corrected chi connectivity index (χ2v) is 6.94. The van der Waals surface area contributed by atoms with Crippen molar-refractivity contribution in [2.45, 2.75) is 52.7 Å². The van der Waals surface area contributed by atoms with Gasteiger partial charge in [-0.25, -0.2) is 0 Å². The number of nitrogens with one attached hydrogen (secondary N) is 1. The predicted molar refractivity (Wildman–Crippen MR) is 105 cm³/mol. The van der Waals surface area contributed by atoms with E-state index in [1.807, 2.05) is 62.4 Å². The number of hydrogen-bond acceptors (Lipinski definition) is 3. The van der Waals surface area contributed by atoms with E-state index in [-0.39, 0.29) is 11.9 Å². The summed E-state index contributed by atoms with van der Waals surface area (Å²) in [5.41, 5.74) is 2.18. The van der Waals surface area contributed by atoms with E-state index < -0.39 is 6.10 Å². The summed E-state index contributed by atoms with van der Waals surface area (Å²) in [6, 6.07) is 15.6. The zero-order valence-corrected chi connectivity index (χ0v) is 16.3. The van der Waals surface area contributed by atoms with Gasteiger partial charge in [-0.05, 0) is 49.9 Å². The smallest absolute Gasteiger partial charge is 0.261 e. The van der Waals surface area contributed by atoms with Crippen molar-refractivity contribution >= 4 is 5.91 Å². The van der Waals surface area contributed by atoms with E-state index in [1.54, 1.807) is 6.92 Å². The maximum atomic E-state index is 12.4. The zero-order valence-electron chi connectivity index (χ0n) is 16.3. The molecule has 26 heavy (non-hydrogen) atoms. The molecule has 1 N–H and O–H groups in total. The first-order valence-corrected chi connectivity index (χ1v) is 9.13. The van der Waals surface area contributed by atoms with E-state index in [4.69, 9.17) is 9.47 Å². The van der Waals surface area contributed by atoms with Gasteiger partial charge in [0.15, 0.2) is 6.10 Å². The van der Waals surface area contributed by atoms with Crippen molar-refractivity contribution in [1.82, 2.24) is 5.32 Å². The molecule has 0 radical (unpaired) electrons. The fourth-order valence-corrected chi connectivity index (χ4v) is 2.64. The highest BCUT2D eigenvalue weighted by molar-refractivity contribution is 5.81. The number of hydrogen-bond donors (Lipinski definition) is 1. The summed E-state index contributed by atoms with van der Waals surface area (Å²) < 4.78 is 11.7. The van der Waals surface area contributed by atoms with Crippen LogP contribution in [-0.2, 0) is 4.79 Å². The average molecular weight is 355 g/mol. The van der Waals surface area contributed by atoms with Gasteiger partial charge in [-0.1, -0.05) is 50.2 Å². The topological polar surface area (TPSA) is 47.6 Å². The van der Waals surface area contributed by atoms with Gasteiger partial charge in [0, 0.05) is 0 Å². The Morgan fingerprint density at radius 3 is 2.23 bits per heavy atom. The molecule has 0 bridgehead atoms. The van der Waals surface area contributed by atoms with E-state index >= 15 is 0 Å². The number of carbonyl (C=O) groups excluding carboxylic acids is 1. The first-order valence-electron chi connectivity index (χ1n) is 9.13. The van der Waals surface area contributed by atoms with Gasteiger partial charge in [0.1, 0.15) is 18.1 Å². The number of amides is 1. The summed E-state index contributed by atoms with van der Waals surface area (Å²) in [4.78, 5) is 12.4. The van der Waals surface area contributed by atoms with Gasteiger partial charge in [-0.2, -0.15) is 0 Å². The second-order valence-electron chi connectivity index (χ2n) is 6.94. The van der Waals surface area contributed by atoms with E-state index in [0.29, 0.717) is 12.5 Å². The highest BCUT2D eigenvalue weighted by Gasteiger charge is 2.19. The van der Waals surface area contributed by atoms with Crippen LogP contribution >= 0.6 is 0 Å². The van der Waals surface area contributed by atoms with Crippen LogP contribution in [0.2, 0.25) is 0 Å². The van der Waals surface area contributed by atoms with Crippen LogP contribution in [0.15, 0.2) is 48.5 Å². The Morgan fingerprint density at radius 1 is 0.962 bits per heavy atom. The molecule has 0 aliphatic rings. The predicted octanol–water partition coefficient (Wildman–Crippen LogP) is 4.47. The summed E-state index contributed by atoms with van der Waals surface area (Å²) in [7, 11) is 0. The largest absolute Gasteiger partial charge is 0.491 e. The molecule has 0 heterocycles. The SMILES string of the molecule is Cc1ccccc1OC[C@H](C)NC(=O)[C@@H](C)Oc1ccccc1C(C)C. The molecule has 2 aromatic carbocycles. The lowest BCUT2D eigenvalue weighted by atomic mass is 10.0. The van der Waals surface area contributed by atoms with Crippen LogP contribution in [0.1, 0.15) is 44.7 Å². The van der Waals surface area contributed by atoms with E-state index in [0.717, 1.165) is 22.6 Å². The highest BCUT2D eigenvalue weighted by Crippen LogP contribution is 2.26. The van der Waals surface area contributed by atoms with Crippen molar-refractivity contribution in [2.75, 3.05) is 6.61 Å². The molecule has 2 aromatic rings. The van der Waals surface area contributed by atoms with Crippen LogP contribution in [0, 0.1) is 6.92 Å². The molecule has 0 aliphatic carbocycles. The lowest BCUT2D eigenvalue weighted by molar-refractivity contribution is -0.128. The molecule has 2 atom stereocenters. The maximum absolute atomic E-state index is 12.4. The summed E-state index contributed by atoms with van der Waals surface area (Å²) in [6.07, 6.45) is -0.573. The zero-order chi connectivity index (χ0) is 19.1. The molecule has 4 nitrogen and oxygen atoms in total. The third-order valence-electron chi connectivity index (χ3n) is 4.19. The molecule has 0 saturated heterocycles. The van der Waals surface area contributed by atoms with Crippen molar-refractivity contribution in [3.63, 3.8) is 0 Å². The normalized spacial score (nSPS) is 13.2. The van der Waals surface area contributed by atoms with Crippen LogP contribution in [0.4, 0.5) is 0 Å². The number of rotatable bonds is 8. The number of ether oxygens (including phenoxy) is 2. The Kier molecular flexibility index (Phi) is 7.07. The Morgan fingerprint density at radius 2 is 1.58 bits per heavy atom. The summed E-state index contributed by atoms with van der Waals surface area (Å²) in [5.74, 6) is 1.78. The Bertz CT molecular complexity index is 727. The van der Waals surface area contributed by atoms with E-state index in [1.165, 1.54) is 0 Å². The molecule has 4 heteroatoms. The third kappa shape index (κ3) is 5.51. The Hall–Kier alpha value is -2.49. The summed E-state index contributed by atoms with van der Waals surface area (Å²) >= 11 is 0. The van der Waals surface area contributed by atoms with Crippen molar-refractivity contribution in [3.8, 4) is 11.5 Å². The number of para-hydroxylation sites is 2. The highest BCUT2D eigenvalue weighted by atomic mass is 16.5. The fraction of sp³-hybridized carbons (Fsp3) is 0.409. The van der Waals surface area contributed by atoms with Crippen LogP contribution in [0.25, 0.3) is 0 Å². The lowest BCUT2D eigenvalue weighted by Gasteiger charge is -2.21. The standard InChI is InChI=1S/C22H29NO3/c1-15(2)19-11-7-9-13-21(19)26-18(5)22(24)23-17(4)14-25-20-12-8-6-10-16(20)3/h6-13,15,17-18H,14H2,1-5H3,(H,23,24)/t17-,18+/m0/s1. The molecule has 140 valence electrons. The lowest BCUT2D eigenvalue weighted by Crippen LogP contribution is -2.43. The van der Waals surface area contributed by atoms with Crippen molar-refractivity contribution in [3.05, 3.63) is 59.7 Å². The Balaban J connectivity index is 1.87. The van der Waals surface area contributed by atoms with Gasteiger partial charge in [-0.3, -0.25) is 4.79 Å². The molecule has 2 rings (SSSR count). The summed E-state index contributed by atoms with van der Waals surface area (Å²) in [6.45, 7) is 10.3. The van der Waals surface area contributed by atoms with Gasteiger partial charge in [0.25, 0.3) is 5.91 Å². The minimum Gasteiger partial charge on any atom is -0.491 e. The molecule has 0 unspecified atom stereocenters. The minimum atomic E-state index is -0.573.